The SMILES string of the molecule is COCCNC(=O)c1cc(COc2ccc(NC(=O)c3ccccc3)cc2)on1. The van der Waals surface area contributed by atoms with Gasteiger partial charge >= 0.3 is 0 Å². The molecule has 1 aromatic heterocycles. The Balaban J connectivity index is 1.49. The highest BCUT2D eigenvalue weighted by Gasteiger charge is 2.12. The lowest BCUT2D eigenvalue weighted by molar-refractivity contribution is 0.0927. The third-order valence-electron chi connectivity index (χ3n) is 3.91. The largest absolute Gasteiger partial charge is 0.486 e. The van der Waals surface area contributed by atoms with Crippen molar-refractivity contribution in [3.05, 3.63) is 77.7 Å². The number of carbonyl (C=O) groups is 2. The molecule has 8 heteroatoms. The molecule has 0 saturated heterocycles. The van der Waals surface area contributed by atoms with E-state index >= 15 is 0 Å². The van der Waals surface area contributed by atoms with Crippen LogP contribution in [0.25, 0.3) is 0 Å². The number of carbonyl (C=O) groups excluding carboxylic acids is 2. The van der Waals surface area contributed by atoms with Crippen LogP contribution in [-0.2, 0) is 11.3 Å². The van der Waals surface area contributed by atoms with Gasteiger partial charge in [0, 0.05) is 31.0 Å². The van der Waals surface area contributed by atoms with Crippen molar-refractivity contribution in [1.29, 1.82) is 0 Å². The second-order valence-electron chi connectivity index (χ2n) is 6.06. The Hall–Kier alpha value is -3.65. The van der Waals surface area contributed by atoms with Crippen molar-refractivity contribution in [1.82, 2.24) is 10.5 Å². The molecular formula is C21H21N3O5. The predicted molar refractivity (Wildman–Crippen MR) is 106 cm³/mol. The first-order valence-electron chi connectivity index (χ1n) is 8.97. The molecule has 0 radical (unpaired) electrons. The van der Waals surface area contributed by atoms with Gasteiger partial charge < -0.3 is 24.6 Å². The second kappa shape index (κ2) is 10.0. The Morgan fingerprint density at radius 1 is 1.03 bits per heavy atom. The molecule has 3 rings (SSSR count). The highest BCUT2D eigenvalue weighted by Crippen LogP contribution is 2.18. The molecule has 0 spiro atoms. The fourth-order valence-corrected chi connectivity index (χ4v) is 2.43. The summed E-state index contributed by atoms with van der Waals surface area (Å²) in [4.78, 5) is 24.0. The van der Waals surface area contributed by atoms with Crippen LogP contribution in [0.2, 0.25) is 0 Å². The lowest BCUT2D eigenvalue weighted by atomic mass is 10.2. The summed E-state index contributed by atoms with van der Waals surface area (Å²) >= 11 is 0. The first kappa shape index (κ1) is 20.1. The number of aromatic nitrogens is 1. The van der Waals surface area contributed by atoms with Gasteiger partial charge in [-0.25, -0.2) is 0 Å². The third-order valence-corrected chi connectivity index (χ3v) is 3.91. The normalized spacial score (nSPS) is 10.4. The number of nitrogens with zero attached hydrogens (tertiary/aromatic N) is 1. The lowest BCUT2D eigenvalue weighted by Crippen LogP contribution is -2.27. The van der Waals surface area contributed by atoms with Gasteiger partial charge in [-0.3, -0.25) is 9.59 Å². The summed E-state index contributed by atoms with van der Waals surface area (Å²) in [6.45, 7) is 0.927. The fraction of sp³-hybridized carbons (Fsp3) is 0.190. The molecule has 2 amide bonds. The van der Waals surface area contributed by atoms with Crippen molar-refractivity contribution in [2.75, 3.05) is 25.6 Å². The number of amides is 2. The molecular weight excluding hydrogens is 374 g/mol. The van der Waals surface area contributed by atoms with Gasteiger partial charge in [0.1, 0.15) is 12.4 Å². The van der Waals surface area contributed by atoms with Crippen molar-refractivity contribution in [2.45, 2.75) is 6.61 Å². The Bertz CT molecular complexity index is 938. The summed E-state index contributed by atoms with van der Waals surface area (Å²) in [5.41, 5.74) is 1.42. The van der Waals surface area contributed by atoms with Gasteiger partial charge in [0.05, 0.1) is 6.61 Å². The minimum Gasteiger partial charge on any atom is -0.486 e. The highest BCUT2D eigenvalue weighted by molar-refractivity contribution is 6.04. The van der Waals surface area contributed by atoms with Crippen LogP contribution in [0.3, 0.4) is 0 Å². The number of methoxy groups -OCH3 is 1. The standard InChI is InChI=1S/C21H21N3O5/c1-27-12-11-22-21(26)19-13-18(29-24-19)14-28-17-9-7-16(8-10-17)23-20(25)15-5-3-2-4-6-15/h2-10,13H,11-12,14H2,1H3,(H,22,26)(H,23,25). The number of rotatable bonds is 9. The van der Waals surface area contributed by atoms with Crippen LogP contribution in [-0.4, -0.2) is 37.2 Å². The highest BCUT2D eigenvalue weighted by atomic mass is 16.5. The fourth-order valence-electron chi connectivity index (χ4n) is 2.43. The molecule has 0 atom stereocenters. The Morgan fingerprint density at radius 3 is 2.52 bits per heavy atom. The number of hydrogen-bond donors (Lipinski definition) is 2. The van der Waals surface area contributed by atoms with Crippen molar-refractivity contribution >= 4 is 17.5 Å². The summed E-state index contributed by atoms with van der Waals surface area (Å²) in [7, 11) is 1.56. The molecule has 0 fully saturated rings. The maximum absolute atomic E-state index is 12.1. The monoisotopic (exact) mass is 395 g/mol. The van der Waals surface area contributed by atoms with Crippen LogP contribution in [0.4, 0.5) is 5.69 Å². The first-order valence-corrected chi connectivity index (χ1v) is 8.97. The summed E-state index contributed by atoms with van der Waals surface area (Å²) in [5.74, 6) is 0.487. The Morgan fingerprint density at radius 2 is 1.79 bits per heavy atom. The second-order valence-corrected chi connectivity index (χ2v) is 6.06. The molecule has 2 N–H and O–H groups in total. The minimum atomic E-state index is -0.337. The van der Waals surface area contributed by atoms with Gasteiger partial charge in [-0.2, -0.15) is 0 Å². The molecule has 8 nitrogen and oxygen atoms in total. The van der Waals surface area contributed by atoms with E-state index in [4.69, 9.17) is 14.0 Å². The zero-order valence-corrected chi connectivity index (χ0v) is 15.9. The number of hydrogen-bond acceptors (Lipinski definition) is 6. The van der Waals surface area contributed by atoms with E-state index in [2.05, 4.69) is 15.8 Å². The van der Waals surface area contributed by atoms with E-state index in [0.29, 0.717) is 35.9 Å². The van der Waals surface area contributed by atoms with Crippen LogP contribution in [0.1, 0.15) is 26.6 Å². The van der Waals surface area contributed by atoms with Crippen LogP contribution in [0, 0.1) is 0 Å². The summed E-state index contributed by atoms with van der Waals surface area (Å²) in [5, 5.41) is 9.21. The number of nitrogens with one attached hydrogen (secondary N) is 2. The van der Waals surface area contributed by atoms with Gasteiger partial charge in [0.2, 0.25) is 0 Å². The van der Waals surface area contributed by atoms with E-state index in [9.17, 15) is 9.59 Å². The van der Waals surface area contributed by atoms with E-state index in [0.717, 1.165) is 0 Å². The summed E-state index contributed by atoms with van der Waals surface area (Å²) in [6.07, 6.45) is 0. The molecule has 3 aromatic rings. The van der Waals surface area contributed by atoms with E-state index in [1.54, 1.807) is 43.5 Å². The average Bonchev–Trinajstić information content (AvgIpc) is 3.23. The van der Waals surface area contributed by atoms with E-state index in [1.807, 2.05) is 18.2 Å². The average molecular weight is 395 g/mol. The van der Waals surface area contributed by atoms with Crippen LogP contribution in [0.15, 0.2) is 65.2 Å². The maximum atomic E-state index is 12.1. The first-order chi connectivity index (χ1) is 14.2. The molecule has 0 aliphatic carbocycles. The zero-order valence-electron chi connectivity index (χ0n) is 15.9. The number of ether oxygens (including phenoxy) is 2. The molecule has 2 aromatic carbocycles. The van der Waals surface area contributed by atoms with Crippen molar-refractivity contribution < 1.29 is 23.6 Å². The van der Waals surface area contributed by atoms with Gasteiger partial charge in [0.25, 0.3) is 11.8 Å². The number of benzene rings is 2. The molecule has 0 saturated carbocycles. The van der Waals surface area contributed by atoms with Crippen molar-refractivity contribution in [3.63, 3.8) is 0 Å². The molecule has 1 heterocycles. The van der Waals surface area contributed by atoms with Gasteiger partial charge in [-0.15, -0.1) is 0 Å². The van der Waals surface area contributed by atoms with Gasteiger partial charge in [-0.1, -0.05) is 23.4 Å². The van der Waals surface area contributed by atoms with Gasteiger partial charge in [-0.05, 0) is 36.4 Å². The Kier molecular flexibility index (Phi) is 6.96. The molecule has 0 aliphatic rings. The van der Waals surface area contributed by atoms with E-state index in [1.165, 1.54) is 6.07 Å². The van der Waals surface area contributed by atoms with E-state index < -0.39 is 0 Å². The topological polar surface area (TPSA) is 103 Å². The van der Waals surface area contributed by atoms with Crippen molar-refractivity contribution in [2.24, 2.45) is 0 Å². The smallest absolute Gasteiger partial charge is 0.273 e. The van der Waals surface area contributed by atoms with Crippen LogP contribution < -0.4 is 15.4 Å². The lowest BCUT2D eigenvalue weighted by Gasteiger charge is -2.07. The predicted octanol–water partition coefficient (Wildman–Crippen LogP) is 2.88. The molecule has 0 bridgehead atoms. The van der Waals surface area contributed by atoms with Gasteiger partial charge in [0.15, 0.2) is 11.5 Å². The molecule has 29 heavy (non-hydrogen) atoms. The van der Waals surface area contributed by atoms with Crippen LogP contribution >= 0.6 is 0 Å². The molecule has 0 aliphatic heterocycles. The van der Waals surface area contributed by atoms with E-state index in [-0.39, 0.29) is 24.1 Å². The van der Waals surface area contributed by atoms with Crippen LogP contribution in [0.5, 0.6) is 5.75 Å². The quantitative estimate of drug-likeness (QED) is 0.540. The summed E-state index contributed by atoms with van der Waals surface area (Å²) in [6, 6.07) is 17.4. The molecule has 0 unspecified atom stereocenters. The summed E-state index contributed by atoms with van der Waals surface area (Å²) < 4.78 is 15.6. The number of anilines is 1. The molecule has 150 valence electrons. The third kappa shape index (κ3) is 5.91. The maximum Gasteiger partial charge on any atom is 0.273 e. The zero-order chi connectivity index (χ0) is 20.5. The minimum absolute atomic E-state index is 0.119. The Labute approximate surface area is 167 Å². The van der Waals surface area contributed by atoms with Crippen molar-refractivity contribution in [3.8, 4) is 5.75 Å².